The highest BCUT2D eigenvalue weighted by Crippen LogP contribution is 2.24. The van der Waals surface area contributed by atoms with E-state index in [4.69, 9.17) is 0 Å². The van der Waals surface area contributed by atoms with Crippen LogP contribution in [0.15, 0.2) is 57.9 Å². The molecule has 0 atom stereocenters. The molecule has 0 saturated heterocycles. The quantitative estimate of drug-likeness (QED) is 0.669. The first kappa shape index (κ1) is 15.5. The second-order valence-electron chi connectivity index (χ2n) is 4.60. The minimum absolute atomic E-state index is 0.330. The Labute approximate surface area is 136 Å². The van der Waals surface area contributed by atoms with Crippen LogP contribution in [0.25, 0.3) is 16.5 Å². The van der Waals surface area contributed by atoms with Gasteiger partial charge in [-0.15, -0.1) is 13.2 Å². The zero-order chi connectivity index (χ0) is 16.6. The Morgan fingerprint density at radius 2 is 1.61 bits per heavy atom. The first-order valence-electron chi connectivity index (χ1n) is 6.39. The molecule has 1 heterocycles. The lowest BCUT2D eigenvalue weighted by Crippen LogP contribution is -2.21. The predicted molar refractivity (Wildman–Crippen MR) is 81.7 cm³/mol. The second kappa shape index (κ2) is 5.69. The summed E-state index contributed by atoms with van der Waals surface area (Å²) in [5.41, 5.74) is -0.0377. The van der Waals surface area contributed by atoms with Crippen molar-refractivity contribution >= 4 is 26.7 Å². The molecule has 0 aliphatic carbocycles. The van der Waals surface area contributed by atoms with Gasteiger partial charge in [-0.25, -0.2) is 0 Å². The van der Waals surface area contributed by atoms with Gasteiger partial charge in [0.25, 0.3) is 5.56 Å². The molecule has 0 spiro atoms. The van der Waals surface area contributed by atoms with Crippen molar-refractivity contribution in [1.82, 2.24) is 9.78 Å². The summed E-state index contributed by atoms with van der Waals surface area (Å²) in [4.78, 5) is 12.5. The molecule has 3 rings (SSSR count). The molecule has 0 fully saturated rings. The Hall–Kier alpha value is -2.35. The Balaban J connectivity index is 2.07. The van der Waals surface area contributed by atoms with Crippen LogP contribution in [0.4, 0.5) is 13.2 Å². The number of rotatable bonds is 2. The molecule has 0 N–H and O–H groups in total. The van der Waals surface area contributed by atoms with Crippen molar-refractivity contribution in [3.63, 3.8) is 0 Å². The lowest BCUT2D eigenvalue weighted by Gasteiger charge is -2.10. The number of fused-ring (bicyclic) bond motifs is 1. The van der Waals surface area contributed by atoms with Crippen LogP contribution in [-0.4, -0.2) is 16.1 Å². The minimum Gasteiger partial charge on any atom is -0.406 e. The number of ether oxygens (including phenoxy) is 1. The molecule has 0 bridgehead atoms. The zero-order valence-corrected chi connectivity index (χ0v) is 12.9. The van der Waals surface area contributed by atoms with Crippen LogP contribution < -0.4 is 10.3 Å². The largest absolute Gasteiger partial charge is 0.573 e. The molecule has 3 aromatic rings. The molecular formula is C15H8BrF3N2O2. The van der Waals surface area contributed by atoms with E-state index in [1.165, 1.54) is 12.1 Å². The molecule has 0 saturated carbocycles. The molecule has 1 aromatic heterocycles. The number of aromatic nitrogens is 2. The summed E-state index contributed by atoms with van der Waals surface area (Å²) < 4.78 is 41.9. The zero-order valence-electron chi connectivity index (χ0n) is 11.3. The van der Waals surface area contributed by atoms with Crippen LogP contribution in [0.1, 0.15) is 0 Å². The van der Waals surface area contributed by atoms with Crippen molar-refractivity contribution in [2.75, 3.05) is 0 Å². The molecule has 118 valence electrons. The number of halogens is 4. The maximum absolute atomic E-state index is 12.5. The van der Waals surface area contributed by atoms with E-state index in [-0.39, 0.29) is 11.3 Å². The Kier molecular flexibility index (Phi) is 3.85. The van der Waals surface area contributed by atoms with Crippen molar-refractivity contribution in [1.29, 1.82) is 0 Å². The molecule has 2 aromatic carbocycles. The summed E-state index contributed by atoms with van der Waals surface area (Å²) in [5, 5.41) is 5.24. The van der Waals surface area contributed by atoms with E-state index in [9.17, 15) is 18.0 Å². The lowest BCUT2D eigenvalue weighted by molar-refractivity contribution is -0.274. The van der Waals surface area contributed by atoms with E-state index in [1.807, 2.05) is 0 Å². The van der Waals surface area contributed by atoms with Gasteiger partial charge in [0.1, 0.15) is 10.4 Å². The third kappa shape index (κ3) is 3.21. The Bertz CT molecular complexity index is 921. The molecule has 8 heteroatoms. The topological polar surface area (TPSA) is 44.1 Å². The normalized spacial score (nSPS) is 11.7. The highest BCUT2D eigenvalue weighted by Gasteiger charge is 2.31. The average molecular weight is 385 g/mol. The van der Waals surface area contributed by atoms with Gasteiger partial charge < -0.3 is 4.74 Å². The Morgan fingerprint density at radius 1 is 1.00 bits per heavy atom. The predicted octanol–water partition coefficient (Wildman–Crippen LogP) is 4.05. The van der Waals surface area contributed by atoms with Gasteiger partial charge in [0.05, 0.1) is 11.1 Å². The van der Waals surface area contributed by atoms with E-state index in [0.717, 1.165) is 16.8 Å². The minimum atomic E-state index is -4.76. The third-order valence-corrected chi connectivity index (χ3v) is 3.66. The smallest absolute Gasteiger partial charge is 0.406 e. The van der Waals surface area contributed by atoms with Crippen LogP contribution in [0.5, 0.6) is 5.75 Å². The van der Waals surface area contributed by atoms with E-state index < -0.39 is 6.36 Å². The van der Waals surface area contributed by atoms with Gasteiger partial charge in [0.2, 0.25) is 0 Å². The van der Waals surface area contributed by atoms with Crippen LogP contribution in [0.3, 0.4) is 0 Å². The number of benzene rings is 2. The summed E-state index contributed by atoms with van der Waals surface area (Å²) in [7, 11) is 0. The fraction of sp³-hybridized carbons (Fsp3) is 0.0667. The Morgan fingerprint density at radius 3 is 2.22 bits per heavy atom. The summed E-state index contributed by atoms with van der Waals surface area (Å²) >= 11 is 3.29. The fourth-order valence-corrected chi connectivity index (χ4v) is 2.62. The number of hydrogen-bond donors (Lipinski definition) is 0. The second-order valence-corrected chi connectivity index (χ2v) is 5.35. The standard InChI is InChI=1S/C15H8BrF3N2O2/c16-13-11-3-1-2-4-12(11)14(22)21(20-13)9-5-7-10(8-6-9)23-15(17,18)19/h1-8H. The molecule has 0 aliphatic heterocycles. The fourth-order valence-electron chi connectivity index (χ4n) is 2.11. The van der Waals surface area contributed by atoms with Crippen molar-refractivity contribution < 1.29 is 17.9 Å². The van der Waals surface area contributed by atoms with Gasteiger partial charge in [0.15, 0.2) is 0 Å². The van der Waals surface area contributed by atoms with Crippen molar-refractivity contribution in [2.45, 2.75) is 6.36 Å². The van der Waals surface area contributed by atoms with Gasteiger partial charge in [0, 0.05) is 5.39 Å². The maximum atomic E-state index is 12.5. The number of hydrogen-bond acceptors (Lipinski definition) is 3. The molecule has 4 nitrogen and oxygen atoms in total. The SMILES string of the molecule is O=c1c2ccccc2c(Br)nn1-c1ccc(OC(F)(F)F)cc1. The van der Waals surface area contributed by atoms with Crippen LogP contribution >= 0.6 is 15.9 Å². The van der Waals surface area contributed by atoms with Crippen LogP contribution in [0, 0.1) is 0 Å². The monoisotopic (exact) mass is 384 g/mol. The highest BCUT2D eigenvalue weighted by molar-refractivity contribution is 9.10. The first-order valence-corrected chi connectivity index (χ1v) is 7.18. The van der Waals surface area contributed by atoms with Gasteiger partial charge >= 0.3 is 6.36 Å². The molecule has 0 amide bonds. The van der Waals surface area contributed by atoms with Crippen molar-refractivity contribution in [2.24, 2.45) is 0 Å². The van der Waals surface area contributed by atoms with Crippen molar-refractivity contribution in [3.8, 4) is 11.4 Å². The van der Waals surface area contributed by atoms with Crippen LogP contribution in [-0.2, 0) is 0 Å². The van der Waals surface area contributed by atoms with Gasteiger partial charge in [-0.3, -0.25) is 4.79 Å². The lowest BCUT2D eigenvalue weighted by atomic mass is 10.2. The summed E-state index contributed by atoms with van der Waals surface area (Å²) in [5.74, 6) is -0.367. The summed E-state index contributed by atoms with van der Waals surface area (Å²) in [6.07, 6.45) is -4.76. The summed E-state index contributed by atoms with van der Waals surface area (Å²) in [6.45, 7) is 0. The first-order chi connectivity index (χ1) is 10.8. The molecule has 23 heavy (non-hydrogen) atoms. The summed E-state index contributed by atoms with van der Waals surface area (Å²) in [6, 6.07) is 11.8. The van der Waals surface area contributed by atoms with E-state index in [0.29, 0.717) is 21.1 Å². The van der Waals surface area contributed by atoms with Gasteiger partial charge in [-0.05, 0) is 46.3 Å². The van der Waals surface area contributed by atoms with Gasteiger partial charge in [-0.2, -0.15) is 9.78 Å². The molecule has 0 unspecified atom stereocenters. The van der Waals surface area contributed by atoms with E-state index in [2.05, 4.69) is 25.8 Å². The number of alkyl halides is 3. The molecule has 0 radical (unpaired) electrons. The third-order valence-electron chi connectivity index (χ3n) is 3.07. The average Bonchev–Trinajstić information content (AvgIpc) is 2.50. The highest BCUT2D eigenvalue weighted by atomic mass is 79.9. The number of nitrogens with zero attached hydrogens (tertiary/aromatic N) is 2. The molecule has 0 aliphatic rings. The van der Waals surface area contributed by atoms with E-state index >= 15 is 0 Å². The van der Waals surface area contributed by atoms with Gasteiger partial charge in [-0.1, -0.05) is 18.2 Å². The van der Waals surface area contributed by atoms with Crippen LogP contribution in [0.2, 0.25) is 0 Å². The van der Waals surface area contributed by atoms with Crippen molar-refractivity contribution in [3.05, 3.63) is 63.5 Å². The molecular weight excluding hydrogens is 377 g/mol. The van der Waals surface area contributed by atoms with E-state index in [1.54, 1.807) is 24.3 Å². The maximum Gasteiger partial charge on any atom is 0.573 e.